The molecule has 0 fully saturated rings. The second-order valence-corrected chi connectivity index (χ2v) is 16.7. The Labute approximate surface area is 366 Å². The molecule has 308 valence electrons. The van der Waals surface area contributed by atoms with E-state index in [9.17, 15) is 13.2 Å². The quantitative estimate of drug-likeness (QED) is 0.163. The summed E-state index contributed by atoms with van der Waals surface area (Å²) in [6, 6.07) is 67.7. The average molecular weight is 837 g/mol. The van der Waals surface area contributed by atoms with Gasteiger partial charge < -0.3 is 18.6 Å². The van der Waals surface area contributed by atoms with Gasteiger partial charge in [-0.15, -0.1) is 0 Å². The smallest absolute Gasteiger partial charge is 0.310 e. The van der Waals surface area contributed by atoms with E-state index < -0.39 is 11.7 Å². The lowest BCUT2D eigenvalue weighted by atomic mass is 10.1. The predicted octanol–water partition coefficient (Wildman–Crippen LogP) is 16.1. The molecule has 0 atom stereocenters. The first-order valence-corrected chi connectivity index (χ1v) is 21.4. The van der Waals surface area contributed by atoms with Crippen molar-refractivity contribution >= 4 is 82.5 Å². The molecule has 0 unspecified atom stereocenters. The van der Waals surface area contributed by atoms with Crippen molar-refractivity contribution in [3.05, 3.63) is 217 Å². The molecule has 0 aliphatic carbocycles. The summed E-state index contributed by atoms with van der Waals surface area (Å²) in [5.74, 6) is 0. The molecule has 0 N–H and O–H groups in total. The summed E-state index contributed by atoms with van der Waals surface area (Å²) in [4.78, 5) is 2.29. The SMILES string of the molecule is Cc1ccc2c3ccccc3n(-c3ccc(N(c4ccc(-n5c6ccccc6c6cc(C(F)(F)F)ccc65)cc4)c4ccc(-n5c6ccccc6c6ccccc65)cc4C)cc3)c2c1. The van der Waals surface area contributed by atoms with E-state index in [1.165, 1.54) is 39.2 Å². The molecule has 0 radical (unpaired) electrons. The van der Waals surface area contributed by atoms with Crippen LogP contribution in [0.1, 0.15) is 16.7 Å². The van der Waals surface area contributed by atoms with Crippen LogP contribution in [-0.2, 0) is 6.18 Å². The summed E-state index contributed by atoms with van der Waals surface area (Å²) in [7, 11) is 0. The number of para-hydroxylation sites is 4. The number of halogens is 3. The molecule has 0 aliphatic heterocycles. The van der Waals surface area contributed by atoms with Gasteiger partial charge in [0.05, 0.1) is 38.7 Å². The van der Waals surface area contributed by atoms with Gasteiger partial charge in [-0.25, -0.2) is 0 Å². The third kappa shape index (κ3) is 5.84. The van der Waals surface area contributed by atoms with Gasteiger partial charge >= 0.3 is 6.18 Å². The molecule has 12 rings (SSSR count). The van der Waals surface area contributed by atoms with Crippen LogP contribution < -0.4 is 4.90 Å². The van der Waals surface area contributed by atoms with E-state index >= 15 is 0 Å². The number of alkyl halides is 3. The minimum Gasteiger partial charge on any atom is -0.310 e. The van der Waals surface area contributed by atoms with Crippen LogP contribution in [-0.4, -0.2) is 13.7 Å². The molecule has 0 bridgehead atoms. The lowest BCUT2D eigenvalue weighted by molar-refractivity contribution is -0.137. The van der Waals surface area contributed by atoms with Crippen molar-refractivity contribution in [3.8, 4) is 17.1 Å². The van der Waals surface area contributed by atoms with Crippen LogP contribution in [0.3, 0.4) is 0 Å². The first kappa shape index (κ1) is 37.7. The summed E-state index contributed by atoms with van der Waals surface area (Å²) >= 11 is 0. The largest absolute Gasteiger partial charge is 0.416 e. The number of aromatic nitrogens is 3. The lowest BCUT2D eigenvalue weighted by Gasteiger charge is -2.28. The fourth-order valence-electron chi connectivity index (χ4n) is 9.95. The molecular formula is C57H39F3N4. The van der Waals surface area contributed by atoms with Gasteiger partial charge in [-0.1, -0.05) is 84.9 Å². The van der Waals surface area contributed by atoms with Crippen LogP contribution in [0.4, 0.5) is 30.2 Å². The highest BCUT2D eigenvalue weighted by atomic mass is 19.4. The minimum atomic E-state index is -4.44. The number of benzene rings is 9. The molecule has 0 saturated carbocycles. The number of hydrogen-bond donors (Lipinski definition) is 0. The number of aryl methyl sites for hydroxylation is 2. The first-order chi connectivity index (χ1) is 31.2. The van der Waals surface area contributed by atoms with Crippen LogP contribution in [0.15, 0.2) is 200 Å². The summed E-state index contributed by atoms with van der Waals surface area (Å²) in [6.07, 6.45) is -4.44. The normalized spacial score (nSPS) is 12.1. The summed E-state index contributed by atoms with van der Waals surface area (Å²) in [5, 5.41) is 6.19. The fraction of sp³-hybridized carbons (Fsp3) is 0.0526. The van der Waals surface area contributed by atoms with Gasteiger partial charge in [0.1, 0.15) is 0 Å². The van der Waals surface area contributed by atoms with Crippen LogP contribution in [0.2, 0.25) is 0 Å². The molecule has 0 aliphatic rings. The third-order valence-corrected chi connectivity index (χ3v) is 12.8. The van der Waals surface area contributed by atoms with Gasteiger partial charge in [0.15, 0.2) is 0 Å². The molecule has 0 saturated heterocycles. The zero-order chi connectivity index (χ0) is 43.3. The monoisotopic (exact) mass is 836 g/mol. The maximum atomic E-state index is 13.9. The van der Waals surface area contributed by atoms with Crippen molar-refractivity contribution < 1.29 is 13.2 Å². The van der Waals surface area contributed by atoms with Crippen molar-refractivity contribution in [1.82, 2.24) is 13.7 Å². The van der Waals surface area contributed by atoms with Gasteiger partial charge in [-0.2, -0.15) is 13.2 Å². The Morgan fingerprint density at radius 1 is 0.359 bits per heavy atom. The van der Waals surface area contributed by atoms with Crippen LogP contribution in [0.5, 0.6) is 0 Å². The first-order valence-electron chi connectivity index (χ1n) is 21.4. The molecular weight excluding hydrogens is 798 g/mol. The van der Waals surface area contributed by atoms with E-state index in [1.807, 2.05) is 28.8 Å². The van der Waals surface area contributed by atoms with E-state index in [0.29, 0.717) is 10.9 Å². The van der Waals surface area contributed by atoms with Crippen LogP contribution in [0, 0.1) is 13.8 Å². The average Bonchev–Trinajstić information content (AvgIpc) is 3.95. The van der Waals surface area contributed by atoms with Gasteiger partial charge in [-0.05, 0) is 140 Å². The Morgan fingerprint density at radius 3 is 1.28 bits per heavy atom. The zero-order valence-electron chi connectivity index (χ0n) is 35.0. The molecule has 0 spiro atoms. The molecule has 3 heterocycles. The molecule has 9 aromatic carbocycles. The van der Waals surface area contributed by atoms with Crippen molar-refractivity contribution in [1.29, 1.82) is 0 Å². The highest BCUT2D eigenvalue weighted by molar-refractivity contribution is 6.11. The van der Waals surface area contributed by atoms with E-state index in [-0.39, 0.29) is 0 Å². The van der Waals surface area contributed by atoms with Crippen LogP contribution >= 0.6 is 0 Å². The van der Waals surface area contributed by atoms with E-state index in [4.69, 9.17) is 0 Å². The van der Waals surface area contributed by atoms with E-state index in [1.54, 1.807) is 6.07 Å². The van der Waals surface area contributed by atoms with Crippen molar-refractivity contribution in [3.63, 3.8) is 0 Å². The third-order valence-electron chi connectivity index (χ3n) is 12.8. The van der Waals surface area contributed by atoms with Crippen molar-refractivity contribution in [2.45, 2.75) is 20.0 Å². The molecule has 3 aromatic heterocycles. The molecule has 7 heteroatoms. The summed E-state index contributed by atoms with van der Waals surface area (Å²) in [5.41, 5.74) is 13.7. The standard InChI is InChI=1S/C57H39F3N4/c1-36-19-30-48-46-13-5-7-15-51(46)63(56(48)33-36)42-27-23-40(24-28-42)61(50-32-29-43(34-37(50)2)64-52-16-8-3-11-44(52)45-12-4-9-17-53(45)64)39-21-25-41(26-22-39)62-54-18-10-6-14-47(54)49-35-38(57(58,59)60)20-31-55(49)62/h3-35H,1-2H3. The number of rotatable bonds is 6. The Morgan fingerprint density at radius 2 is 0.781 bits per heavy atom. The Hall–Kier alpha value is -8.03. The lowest BCUT2D eigenvalue weighted by Crippen LogP contribution is -2.12. The summed E-state index contributed by atoms with van der Waals surface area (Å²) in [6.45, 7) is 4.30. The van der Waals surface area contributed by atoms with E-state index in [2.05, 4.69) is 186 Å². The second-order valence-electron chi connectivity index (χ2n) is 16.7. The van der Waals surface area contributed by atoms with E-state index in [0.717, 1.165) is 72.7 Å². The fourth-order valence-corrected chi connectivity index (χ4v) is 9.95. The maximum absolute atomic E-state index is 13.9. The number of hydrogen-bond acceptors (Lipinski definition) is 1. The van der Waals surface area contributed by atoms with Gasteiger partial charge in [0, 0.05) is 66.4 Å². The van der Waals surface area contributed by atoms with Gasteiger partial charge in [0.25, 0.3) is 0 Å². The Kier molecular flexibility index (Phi) is 8.40. The van der Waals surface area contributed by atoms with Gasteiger partial charge in [-0.3, -0.25) is 0 Å². The topological polar surface area (TPSA) is 18.0 Å². The molecule has 64 heavy (non-hydrogen) atoms. The number of nitrogens with zero attached hydrogens (tertiary/aromatic N) is 4. The Bertz CT molecular complexity index is 3740. The molecule has 0 amide bonds. The summed E-state index contributed by atoms with van der Waals surface area (Å²) < 4.78 is 48.5. The molecule has 4 nitrogen and oxygen atoms in total. The van der Waals surface area contributed by atoms with Gasteiger partial charge in [0.2, 0.25) is 0 Å². The minimum absolute atomic E-state index is 0.564. The highest BCUT2D eigenvalue weighted by Crippen LogP contribution is 2.42. The second kappa shape index (κ2) is 14.3. The zero-order valence-corrected chi connectivity index (χ0v) is 35.0. The number of fused-ring (bicyclic) bond motifs is 9. The number of anilines is 3. The Balaban J connectivity index is 1.01. The van der Waals surface area contributed by atoms with Crippen molar-refractivity contribution in [2.75, 3.05) is 4.90 Å². The van der Waals surface area contributed by atoms with Crippen LogP contribution in [0.25, 0.3) is 82.5 Å². The maximum Gasteiger partial charge on any atom is 0.416 e. The van der Waals surface area contributed by atoms with Crippen molar-refractivity contribution in [2.24, 2.45) is 0 Å². The highest BCUT2D eigenvalue weighted by Gasteiger charge is 2.31. The predicted molar refractivity (Wildman–Crippen MR) is 259 cm³/mol. The molecule has 12 aromatic rings.